The van der Waals surface area contributed by atoms with E-state index in [1.165, 1.54) is 18.4 Å². The lowest BCUT2D eigenvalue weighted by atomic mass is 10.3. The Morgan fingerprint density at radius 1 is 1.50 bits per heavy atom. The maximum absolute atomic E-state index is 11.3. The van der Waals surface area contributed by atoms with E-state index in [4.69, 9.17) is 0 Å². The average molecular weight is 242 g/mol. The number of nitrogens with zero attached hydrogens (tertiary/aromatic N) is 1. The SMILES string of the molecule is COC(=O)CCC(=O)NCc1nc(C)cs1. The molecule has 1 heterocycles. The van der Waals surface area contributed by atoms with Crippen LogP contribution in [0.3, 0.4) is 0 Å². The molecule has 1 aromatic rings. The Bertz CT molecular complexity index is 376. The van der Waals surface area contributed by atoms with Crippen molar-refractivity contribution in [3.05, 3.63) is 16.1 Å². The van der Waals surface area contributed by atoms with Gasteiger partial charge in [-0.3, -0.25) is 9.59 Å². The number of methoxy groups -OCH3 is 1. The number of hydrogen-bond acceptors (Lipinski definition) is 5. The number of aromatic nitrogens is 1. The smallest absolute Gasteiger partial charge is 0.306 e. The highest BCUT2D eigenvalue weighted by Gasteiger charge is 2.07. The quantitative estimate of drug-likeness (QED) is 0.783. The van der Waals surface area contributed by atoms with E-state index in [0.717, 1.165) is 10.7 Å². The highest BCUT2D eigenvalue weighted by Crippen LogP contribution is 2.07. The minimum Gasteiger partial charge on any atom is -0.469 e. The van der Waals surface area contributed by atoms with Crippen molar-refractivity contribution in [3.8, 4) is 0 Å². The first-order valence-electron chi connectivity index (χ1n) is 4.86. The van der Waals surface area contributed by atoms with Gasteiger partial charge in [0.1, 0.15) is 5.01 Å². The van der Waals surface area contributed by atoms with Gasteiger partial charge in [-0.1, -0.05) is 0 Å². The number of carbonyl (C=O) groups is 2. The van der Waals surface area contributed by atoms with E-state index in [0.29, 0.717) is 6.54 Å². The van der Waals surface area contributed by atoms with Crippen LogP contribution in [0.4, 0.5) is 0 Å². The molecule has 0 saturated carbocycles. The Labute approximate surface area is 97.8 Å². The van der Waals surface area contributed by atoms with Gasteiger partial charge in [0.05, 0.1) is 20.1 Å². The Kier molecular flexibility index (Phi) is 4.91. The van der Waals surface area contributed by atoms with Gasteiger partial charge in [0.15, 0.2) is 0 Å². The molecule has 6 heteroatoms. The molecule has 0 unspecified atom stereocenters. The fourth-order valence-electron chi connectivity index (χ4n) is 1.06. The van der Waals surface area contributed by atoms with Crippen LogP contribution in [0.1, 0.15) is 23.5 Å². The molecule has 16 heavy (non-hydrogen) atoms. The monoisotopic (exact) mass is 242 g/mol. The molecule has 1 N–H and O–H groups in total. The van der Waals surface area contributed by atoms with E-state index >= 15 is 0 Å². The zero-order chi connectivity index (χ0) is 12.0. The van der Waals surface area contributed by atoms with E-state index in [1.807, 2.05) is 12.3 Å². The first-order valence-corrected chi connectivity index (χ1v) is 5.74. The molecule has 1 aromatic heterocycles. The van der Waals surface area contributed by atoms with Crippen LogP contribution < -0.4 is 5.32 Å². The van der Waals surface area contributed by atoms with Gasteiger partial charge in [0.25, 0.3) is 0 Å². The molecule has 1 rings (SSSR count). The van der Waals surface area contributed by atoms with Gasteiger partial charge in [-0.25, -0.2) is 4.98 Å². The van der Waals surface area contributed by atoms with E-state index in [9.17, 15) is 9.59 Å². The summed E-state index contributed by atoms with van der Waals surface area (Å²) in [6.07, 6.45) is 0.260. The summed E-state index contributed by atoms with van der Waals surface area (Å²) in [6.45, 7) is 2.32. The highest BCUT2D eigenvalue weighted by atomic mass is 32.1. The zero-order valence-corrected chi connectivity index (χ0v) is 10.1. The summed E-state index contributed by atoms with van der Waals surface area (Å²) in [5.41, 5.74) is 0.948. The molecule has 0 aromatic carbocycles. The van der Waals surface area contributed by atoms with Crippen LogP contribution in [0.25, 0.3) is 0 Å². The molecule has 88 valence electrons. The predicted octanol–water partition coefficient (Wildman–Crippen LogP) is 1.02. The van der Waals surface area contributed by atoms with Gasteiger partial charge >= 0.3 is 5.97 Å². The summed E-state index contributed by atoms with van der Waals surface area (Å²) < 4.78 is 4.44. The number of amides is 1. The fourth-order valence-corrected chi connectivity index (χ4v) is 1.78. The number of carbonyl (C=O) groups excluding carboxylic acids is 2. The summed E-state index contributed by atoms with van der Waals surface area (Å²) in [5, 5.41) is 5.48. The van der Waals surface area contributed by atoms with Crippen molar-refractivity contribution in [3.63, 3.8) is 0 Å². The number of nitrogens with one attached hydrogen (secondary N) is 1. The molecule has 0 radical (unpaired) electrons. The van der Waals surface area contributed by atoms with Crippen LogP contribution in [0.5, 0.6) is 0 Å². The number of rotatable bonds is 5. The Hall–Kier alpha value is -1.43. The van der Waals surface area contributed by atoms with Crippen molar-refractivity contribution >= 4 is 23.2 Å². The third-order valence-corrected chi connectivity index (χ3v) is 2.85. The largest absolute Gasteiger partial charge is 0.469 e. The van der Waals surface area contributed by atoms with Crippen LogP contribution >= 0.6 is 11.3 Å². The third kappa shape index (κ3) is 4.39. The van der Waals surface area contributed by atoms with Crippen LogP contribution in [-0.4, -0.2) is 24.0 Å². The van der Waals surface area contributed by atoms with Crippen LogP contribution in [0.2, 0.25) is 0 Å². The van der Waals surface area contributed by atoms with Gasteiger partial charge < -0.3 is 10.1 Å². The molecule has 0 bridgehead atoms. The van der Waals surface area contributed by atoms with E-state index in [1.54, 1.807) is 0 Å². The lowest BCUT2D eigenvalue weighted by Crippen LogP contribution is -2.23. The lowest BCUT2D eigenvalue weighted by Gasteiger charge is -2.02. The summed E-state index contributed by atoms with van der Waals surface area (Å²) in [5.74, 6) is -0.543. The van der Waals surface area contributed by atoms with Gasteiger partial charge in [-0.15, -0.1) is 11.3 Å². The molecule has 0 saturated heterocycles. The fraction of sp³-hybridized carbons (Fsp3) is 0.500. The van der Waals surface area contributed by atoms with Gasteiger partial charge in [0, 0.05) is 17.5 Å². The van der Waals surface area contributed by atoms with Crippen molar-refractivity contribution < 1.29 is 14.3 Å². The molecule has 0 aliphatic heterocycles. The lowest BCUT2D eigenvalue weighted by molar-refractivity contribution is -0.142. The van der Waals surface area contributed by atoms with E-state index in [-0.39, 0.29) is 24.7 Å². The van der Waals surface area contributed by atoms with Crippen LogP contribution in [0, 0.1) is 6.92 Å². The molecule has 0 spiro atoms. The van der Waals surface area contributed by atoms with Crippen LogP contribution in [0.15, 0.2) is 5.38 Å². The molecular weight excluding hydrogens is 228 g/mol. The van der Waals surface area contributed by atoms with Crippen LogP contribution in [-0.2, 0) is 20.9 Å². The third-order valence-electron chi connectivity index (χ3n) is 1.89. The van der Waals surface area contributed by atoms with Crippen molar-refractivity contribution in [2.24, 2.45) is 0 Å². The first-order chi connectivity index (χ1) is 7.61. The zero-order valence-electron chi connectivity index (χ0n) is 9.28. The molecule has 0 aliphatic carbocycles. The standard InChI is InChI=1S/C10H14N2O3S/c1-7-6-16-9(12-7)5-11-8(13)3-4-10(14)15-2/h6H,3-5H2,1-2H3,(H,11,13). The van der Waals surface area contributed by atoms with Crippen molar-refractivity contribution in [1.82, 2.24) is 10.3 Å². The van der Waals surface area contributed by atoms with Gasteiger partial charge in [-0.2, -0.15) is 0 Å². The van der Waals surface area contributed by atoms with Crippen molar-refractivity contribution in [2.75, 3.05) is 7.11 Å². The summed E-state index contributed by atoms with van der Waals surface area (Å²) in [4.78, 5) is 26.3. The van der Waals surface area contributed by atoms with E-state index in [2.05, 4.69) is 15.0 Å². The van der Waals surface area contributed by atoms with Gasteiger partial charge in [0.2, 0.25) is 5.91 Å². The Balaban J connectivity index is 2.22. The number of esters is 1. The predicted molar refractivity (Wildman–Crippen MR) is 59.9 cm³/mol. The number of hydrogen-bond donors (Lipinski definition) is 1. The molecule has 5 nitrogen and oxygen atoms in total. The van der Waals surface area contributed by atoms with Crippen molar-refractivity contribution in [1.29, 1.82) is 0 Å². The first kappa shape index (κ1) is 12.6. The highest BCUT2D eigenvalue weighted by molar-refractivity contribution is 7.09. The maximum Gasteiger partial charge on any atom is 0.306 e. The number of thiazole rings is 1. The maximum atomic E-state index is 11.3. The average Bonchev–Trinajstić information content (AvgIpc) is 2.69. The topological polar surface area (TPSA) is 68.3 Å². The summed E-state index contributed by atoms with van der Waals surface area (Å²) in [6, 6.07) is 0. The second-order valence-corrected chi connectivity index (χ2v) is 4.18. The second kappa shape index (κ2) is 6.22. The van der Waals surface area contributed by atoms with Crippen molar-refractivity contribution in [2.45, 2.75) is 26.3 Å². The Morgan fingerprint density at radius 2 is 2.25 bits per heavy atom. The second-order valence-electron chi connectivity index (χ2n) is 3.24. The number of aryl methyl sites for hydroxylation is 1. The normalized spacial score (nSPS) is 9.88. The molecule has 1 amide bonds. The molecular formula is C10H14N2O3S. The molecule has 0 fully saturated rings. The number of ether oxygens (including phenoxy) is 1. The Morgan fingerprint density at radius 3 is 2.81 bits per heavy atom. The van der Waals surface area contributed by atoms with E-state index < -0.39 is 0 Å². The summed E-state index contributed by atoms with van der Waals surface area (Å²) >= 11 is 1.50. The molecule has 0 aliphatic rings. The minimum absolute atomic E-state index is 0.110. The van der Waals surface area contributed by atoms with Gasteiger partial charge in [-0.05, 0) is 6.92 Å². The summed E-state index contributed by atoms with van der Waals surface area (Å²) in [7, 11) is 1.30. The molecule has 0 atom stereocenters. The minimum atomic E-state index is -0.375.